The number of nitrogens with zero attached hydrogens (tertiary/aromatic N) is 3. The molecule has 2 aromatic carbocycles. The van der Waals surface area contributed by atoms with Gasteiger partial charge >= 0.3 is 5.97 Å². The lowest BCUT2D eigenvalue weighted by molar-refractivity contribution is -0.384. The zero-order valence-electron chi connectivity index (χ0n) is 23.7. The maximum atomic E-state index is 13.8. The first kappa shape index (κ1) is 29.7. The number of thiazole rings is 1. The van der Waals surface area contributed by atoms with Crippen molar-refractivity contribution >= 4 is 29.1 Å². The molecule has 3 aromatic rings. The van der Waals surface area contributed by atoms with Crippen molar-refractivity contribution in [1.29, 1.82) is 0 Å². The zero-order valence-corrected chi connectivity index (χ0v) is 24.5. The third kappa shape index (κ3) is 6.57. The van der Waals surface area contributed by atoms with Crippen molar-refractivity contribution < 1.29 is 23.9 Å². The van der Waals surface area contributed by atoms with Crippen molar-refractivity contribution in [2.45, 2.75) is 59.1 Å². The second-order valence-electron chi connectivity index (χ2n) is 9.85. The van der Waals surface area contributed by atoms with Gasteiger partial charge in [0.2, 0.25) is 0 Å². The van der Waals surface area contributed by atoms with E-state index in [1.807, 2.05) is 6.07 Å². The molecule has 1 aliphatic rings. The lowest BCUT2D eigenvalue weighted by Crippen LogP contribution is -2.40. The van der Waals surface area contributed by atoms with Gasteiger partial charge in [0, 0.05) is 12.1 Å². The first-order valence-corrected chi connectivity index (χ1v) is 14.2. The molecule has 216 valence electrons. The smallest absolute Gasteiger partial charge is 0.338 e. The standard InChI is InChI=1S/C30H33N3O7S/c1-6-7-8-15-39-23-14-11-21(17-24(23)38-5)27-26(29(35)40-18(2)3)19(4)31-30-32(27)28(34)25(41-30)16-20-9-12-22(13-10-20)33(36)37/h9-14,16-18,27H,6-8,15H2,1-5H3. The third-order valence-electron chi connectivity index (χ3n) is 6.49. The molecule has 0 fully saturated rings. The minimum absolute atomic E-state index is 0.0423. The van der Waals surface area contributed by atoms with Crippen molar-refractivity contribution in [1.82, 2.24) is 4.57 Å². The van der Waals surface area contributed by atoms with Crippen LogP contribution in [0.5, 0.6) is 11.5 Å². The van der Waals surface area contributed by atoms with Gasteiger partial charge < -0.3 is 14.2 Å². The van der Waals surface area contributed by atoms with Crippen molar-refractivity contribution in [2.75, 3.05) is 13.7 Å². The Hall–Kier alpha value is -4.25. The van der Waals surface area contributed by atoms with Crippen LogP contribution in [-0.4, -0.2) is 35.3 Å². The van der Waals surface area contributed by atoms with Crippen LogP contribution in [0.4, 0.5) is 5.69 Å². The number of nitro groups is 1. The molecule has 1 atom stereocenters. The fourth-order valence-electron chi connectivity index (χ4n) is 4.53. The van der Waals surface area contributed by atoms with Gasteiger partial charge in [-0.1, -0.05) is 37.2 Å². The quantitative estimate of drug-likeness (QED) is 0.140. The number of esters is 1. The van der Waals surface area contributed by atoms with E-state index in [4.69, 9.17) is 14.2 Å². The number of rotatable bonds is 11. The number of aromatic nitrogens is 1. The fraction of sp³-hybridized carbons (Fsp3) is 0.367. The van der Waals surface area contributed by atoms with Crippen LogP contribution in [-0.2, 0) is 9.53 Å². The Morgan fingerprint density at radius 1 is 1.17 bits per heavy atom. The molecule has 0 saturated carbocycles. The maximum Gasteiger partial charge on any atom is 0.338 e. The highest BCUT2D eigenvalue weighted by Gasteiger charge is 2.34. The van der Waals surface area contributed by atoms with Gasteiger partial charge in [0.25, 0.3) is 11.2 Å². The summed E-state index contributed by atoms with van der Waals surface area (Å²) in [5, 5.41) is 11.0. The van der Waals surface area contributed by atoms with E-state index < -0.39 is 16.9 Å². The van der Waals surface area contributed by atoms with Gasteiger partial charge in [-0.25, -0.2) is 9.79 Å². The summed E-state index contributed by atoms with van der Waals surface area (Å²) in [4.78, 5) is 42.8. The number of unbranched alkanes of at least 4 members (excludes halogenated alkanes) is 2. The van der Waals surface area contributed by atoms with Crippen LogP contribution in [0.1, 0.15) is 64.1 Å². The van der Waals surface area contributed by atoms with Gasteiger partial charge in [0.15, 0.2) is 16.3 Å². The molecule has 0 N–H and O–H groups in total. The summed E-state index contributed by atoms with van der Waals surface area (Å²) in [6.45, 7) is 7.91. The Balaban J connectivity index is 1.84. The van der Waals surface area contributed by atoms with Crippen LogP contribution >= 0.6 is 11.3 Å². The third-order valence-corrected chi connectivity index (χ3v) is 7.48. The highest BCUT2D eigenvalue weighted by molar-refractivity contribution is 7.07. The lowest BCUT2D eigenvalue weighted by atomic mass is 9.95. The summed E-state index contributed by atoms with van der Waals surface area (Å²) in [6.07, 6.45) is 4.34. The van der Waals surface area contributed by atoms with Crippen LogP contribution < -0.4 is 24.4 Å². The second kappa shape index (κ2) is 12.9. The molecule has 0 saturated heterocycles. The van der Waals surface area contributed by atoms with Crippen LogP contribution in [0.25, 0.3) is 6.08 Å². The number of nitro benzene ring substituents is 1. The van der Waals surface area contributed by atoms with E-state index in [0.29, 0.717) is 44.3 Å². The predicted molar refractivity (Wildman–Crippen MR) is 156 cm³/mol. The van der Waals surface area contributed by atoms with Gasteiger partial charge in [-0.05, 0) is 68.7 Å². The summed E-state index contributed by atoms with van der Waals surface area (Å²) in [6, 6.07) is 10.5. The first-order chi connectivity index (χ1) is 19.6. The molecule has 0 bridgehead atoms. The minimum Gasteiger partial charge on any atom is -0.493 e. The molecule has 0 radical (unpaired) electrons. The Kier molecular flexibility index (Phi) is 9.38. The molecule has 1 aromatic heterocycles. The molecule has 41 heavy (non-hydrogen) atoms. The molecule has 1 unspecified atom stereocenters. The minimum atomic E-state index is -0.820. The second-order valence-corrected chi connectivity index (χ2v) is 10.9. The first-order valence-electron chi connectivity index (χ1n) is 13.4. The molecule has 2 heterocycles. The van der Waals surface area contributed by atoms with Crippen molar-refractivity contribution in [3.8, 4) is 11.5 Å². The van der Waals surface area contributed by atoms with Crippen LogP contribution in [0.2, 0.25) is 0 Å². The average molecular weight is 580 g/mol. The molecular weight excluding hydrogens is 546 g/mol. The molecular formula is C30H33N3O7S. The maximum absolute atomic E-state index is 13.8. The van der Waals surface area contributed by atoms with E-state index in [2.05, 4.69) is 11.9 Å². The predicted octanol–water partition coefficient (Wildman–Crippen LogP) is 4.67. The molecule has 0 amide bonds. The number of fused-ring (bicyclic) bond motifs is 1. The van der Waals surface area contributed by atoms with Gasteiger partial charge in [0.1, 0.15) is 0 Å². The Morgan fingerprint density at radius 3 is 2.54 bits per heavy atom. The summed E-state index contributed by atoms with van der Waals surface area (Å²) in [5.74, 6) is 0.498. The number of non-ortho nitro benzene ring substituents is 1. The highest BCUT2D eigenvalue weighted by atomic mass is 32.1. The van der Waals surface area contributed by atoms with Gasteiger partial charge in [-0.2, -0.15) is 0 Å². The Labute approximate surface area is 241 Å². The van der Waals surface area contributed by atoms with E-state index in [0.717, 1.165) is 19.3 Å². The van der Waals surface area contributed by atoms with Crippen molar-refractivity contribution in [2.24, 2.45) is 4.99 Å². The fourth-order valence-corrected chi connectivity index (χ4v) is 5.57. The van der Waals surface area contributed by atoms with Crippen molar-refractivity contribution in [3.63, 3.8) is 0 Å². The Bertz CT molecular complexity index is 1650. The van der Waals surface area contributed by atoms with Crippen LogP contribution in [0.3, 0.4) is 0 Å². The number of carbonyl (C=O) groups is 1. The summed E-state index contributed by atoms with van der Waals surface area (Å²) in [5.41, 5.74) is 1.57. The monoisotopic (exact) mass is 579 g/mol. The highest BCUT2D eigenvalue weighted by Crippen LogP contribution is 2.36. The molecule has 11 heteroatoms. The normalized spacial score (nSPS) is 15.0. The number of ether oxygens (including phenoxy) is 3. The van der Waals surface area contributed by atoms with E-state index in [1.54, 1.807) is 58.2 Å². The molecule has 1 aliphatic heterocycles. The van der Waals surface area contributed by atoms with E-state index in [-0.39, 0.29) is 22.9 Å². The summed E-state index contributed by atoms with van der Waals surface area (Å²) >= 11 is 1.18. The van der Waals surface area contributed by atoms with E-state index >= 15 is 0 Å². The summed E-state index contributed by atoms with van der Waals surface area (Å²) in [7, 11) is 1.54. The number of benzene rings is 2. The van der Waals surface area contributed by atoms with Crippen LogP contribution in [0.15, 0.2) is 63.5 Å². The van der Waals surface area contributed by atoms with Gasteiger partial charge in [0.05, 0.1) is 46.6 Å². The Morgan fingerprint density at radius 2 is 1.90 bits per heavy atom. The SMILES string of the molecule is CCCCCOc1ccc(C2C(C(=O)OC(C)C)=C(C)N=c3sc(=Cc4ccc([N+](=O)[O-])cc4)c(=O)n32)cc1OC. The number of methoxy groups -OCH3 is 1. The zero-order chi connectivity index (χ0) is 29.7. The van der Waals surface area contributed by atoms with Crippen molar-refractivity contribution in [3.05, 3.63) is 94.7 Å². The number of carbonyl (C=O) groups excluding carboxylic acids is 1. The topological polar surface area (TPSA) is 122 Å². The van der Waals surface area contributed by atoms with Crippen LogP contribution in [0, 0.1) is 10.1 Å². The lowest BCUT2D eigenvalue weighted by Gasteiger charge is -2.26. The number of allylic oxidation sites excluding steroid dienone is 1. The number of hydrogen-bond acceptors (Lipinski definition) is 9. The molecule has 0 spiro atoms. The van der Waals surface area contributed by atoms with E-state index in [1.165, 1.54) is 28.0 Å². The number of hydrogen-bond donors (Lipinski definition) is 0. The molecule has 10 nitrogen and oxygen atoms in total. The summed E-state index contributed by atoms with van der Waals surface area (Å²) < 4.78 is 19.0. The van der Waals surface area contributed by atoms with Gasteiger partial charge in [-0.3, -0.25) is 19.5 Å². The molecule has 4 rings (SSSR count). The largest absolute Gasteiger partial charge is 0.493 e. The average Bonchev–Trinajstić information content (AvgIpc) is 3.24. The van der Waals surface area contributed by atoms with Gasteiger partial charge in [-0.15, -0.1) is 0 Å². The van der Waals surface area contributed by atoms with E-state index in [9.17, 15) is 19.7 Å². The molecule has 0 aliphatic carbocycles.